The molecule has 82 valence electrons. The van der Waals surface area contributed by atoms with Crippen molar-refractivity contribution in [2.75, 3.05) is 0 Å². The third-order valence-corrected chi connectivity index (χ3v) is 2.60. The third-order valence-electron chi connectivity index (χ3n) is 2.60. The largest absolute Gasteiger partial charge is 0.392 e. The summed E-state index contributed by atoms with van der Waals surface area (Å²) >= 11 is 0. The Kier molecular flexibility index (Phi) is 3.67. The molecule has 0 aliphatic rings. The van der Waals surface area contributed by atoms with Gasteiger partial charge in [-0.3, -0.25) is 4.98 Å². The molecule has 1 heterocycles. The summed E-state index contributed by atoms with van der Waals surface area (Å²) < 4.78 is 0. The van der Waals surface area contributed by atoms with E-state index in [4.69, 9.17) is 5.11 Å². The van der Waals surface area contributed by atoms with Crippen LogP contribution in [0.5, 0.6) is 0 Å². The molecule has 0 aliphatic carbocycles. The molecular formula is C14H15NO. The van der Waals surface area contributed by atoms with E-state index < -0.39 is 0 Å². The van der Waals surface area contributed by atoms with Gasteiger partial charge in [-0.15, -0.1) is 0 Å². The topological polar surface area (TPSA) is 33.1 Å². The first-order valence-electron chi connectivity index (χ1n) is 5.46. The van der Waals surface area contributed by atoms with Crippen molar-refractivity contribution in [3.8, 4) is 0 Å². The SMILES string of the molecule is OCc1cccc(CCc2cccnc2)c1. The summed E-state index contributed by atoms with van der Waals surface area (Å²) in [5, 5.41) is 9.04. The van der Waals surface area contributed by atoms with Crippen molar-refractivity contribution in [2.45, 2.75) is 19.4 Å². The highest BCUT2D eigenvalue weighted by molar-refractivity contribution is 5.24. The van der Waals surface area contributed by atoms with Gasteiger partial charge in [0.15, 0.2) is 0 Å². The summed E-state index contributed by atoms with van der Waals surface area (Å²) in [6.45, 7) is 0.112. The Bertz CT molecular complexity index is 439. The van der Waals surface area contributed by atoms with Crippen LogP contribution >= 0.6 is 0 Å². The minimum Gasteiger partial charge on any atom is -0.392 e. The Labute approximate surface area is 95.6 Å². The van der Waals surface area contributed by atoms with Gasteiger partial charge >= 0.3 is 0 Å². The molecule has 0 saturated carbocycles. The quantitative estimate of drug-likeness (QED) is 0.845. The fourth-order valence-corrected chi connectivity index (χ4v) is 1.72. The molecule has 0 bridgehead atoms. The van der Waals surface area contributed by atoms with Crippen molar-refractivity contribution in [1.82, 2.24) is 4.98 Å². The van der Waals surface area contributed by atoms with Crippen molar-refractivity contribution in [3.63, 3.8) is 0 Å². The van der Waals surface area contributed by atoms with E-state index in [1.54, 1.807) is 6.20 Å². The molecule has 0 spiro atoms. The van der Waals surface area contributed by atoms with Crippen LogP contribution in [-0.4, -0.2) is 10.1 Å². The Morgan fingerprint density at radius 3 is 2.44 bits per heavy atom. The van der Waals surface area contributed by atoms with Crippen LogP contribution in [0.2, 0.25) is 0 Å². The molecule has 1 aromatic heterocycles. The monoisotopic (exact) mass is 213 g/mol. The van der Waals surface area contributed by atoms with E-state index in [0.717, 1.165) is 18.4 Å². The lowest BCUT2D eigenvalue weighted by molar-refractivity contribution is 0.281. The summed E-state index contributed by atoms with van der Waals surface area (Å²) in [6.07, 6.45) is 5.66. The van der Waals surface area contributed by atoms with Crippen LogP contribution < -0.4 is 0 Å². The van der Waals surface area contributed by atoms with Crippen LogP contribution in [0, 0.1) is 0 Å². The maximum absolute atomic E-state index is 9.04. The van der Waals surface area contributed by atoms with E-state index in [-0.39, 0.29) is 6.61 Å². The molecule has 2 rings (SSSR count). The van der Waals surface area contributed by atoms with Crippen LogP contribution in [0.4, 0.5) is 0 Å². The number of aliphatic hydroxyl groups is 1. The summed E-state index contributed by atoms with van der Waals surface area (Å²) in [5.41, 5.74) is 3.48. The van der Waals surface area contributed by atoms with Gasteiger partial charge in [0.2, 0.25) is 0 Å². The highest BCUT2D eigenvalue weighted by Crippen LogP contribution is 2.09. The Balaban J connectivity index is 1.99. The summed E-state index contributed by atoms with van der Waals surface area (Å²) in [5.74, 6) is 0. The van der Waals surface area contributed by atoms with E-state index in [1.807, 2.05) is 24.4 Å². The molecule has 0 saturated heterocycles. The van der Waals surface area contributed by atoms with E-state index in [2.05, 4.69) is 23.2 Å². The van der Waals surface area contributed by atoms with E-state index in [1.165, 1.54) is 11.1 Å². The summed E-state index contributed by atoms with van der Waals surface area (Å²) in [4.78, 5) is 4.09. The van der Waals surface area contributed by atoms with E-state index in [9.17, 15) is 0 Å². The number of pyridine rings is 1. The van der Waals surface area contributed by atoms with Gasteiger partial charge in [-0.1, -0.05) is 30.3 Å². The molecule has 0 atom stereocenters. The second-order valence-electron chi connectivity index (χ2n) is 3.84. The number of aromatic nitrogens is 1. The van der Waals surface area contributed by atoms with Gasteiger partial charge in [0.1, 0.15) is 0 Å². The first kappa shape index (κ1) is 10.8. The standard InChI is InChI=1S/C14H15NO/c16-11-14-4-1-3-12(9-14)6-7-13-5-2-8-15-10-13/h1-5,8-10,16H,6-7,11H2. The minimum absolute atomic E-state index is 0.112. The molecule has 0 fully saturated rings. The minimum atomic E-state index is 0.112. The molecule has 0 radical (unpaired) electrons. The predicted molar refractivity (Wildman–Crippen MR) is 64.0 cm³/mol. The lowest BCUT2D eigenvalue weighted by atomic mass is 10.0. The molecule has 0 aliphatic heterocycles. The van der Waals surface area contributed by atoms with Crippen molar-refractivity contribution in [3.05, 3.63) is 65.5 Å². The number of benzene rings is 1. The lowest BCUT2D eigenvalue weighted by Gasteiger charge is -2.03. The highest BCUT2D eigenvalue weighted by atomic mass is 16.3. The third kappa shape index (κ3) is 2.91. The lowest BCUT2D eigenvalue weighted by Crippen LogP contribution is -1.93. The van der Waals surface area contributed by atoms with Gasteiger partial charge in [0.25, 0.3) is 0 Å². The number of nitrogens with zero attached hydrogens (tertiary/aromatic N) is 1. The maximum Gasteiger partial charge on any atom is 0.0681 e. The smallest absolute Gasteiger partial charge is 0.0681 e. The Hall–Kier alpha value is -1.67. The maximum atomic E-state index is 9.04. The van der Waals surface area contributed by atoms with Gasteiger partial charge in [0, 0.05) is 12.4 Å². The predicted octanol–water partition coefficient (Wildman–Crippen LogP) is 2.36. The highest BCUT2D eigenvalue weighted by Gasteiger charge is 1.97. The van der Waals surface area contributed by atoms with Gasteiger partial charge in [-0.2, -0.15) is 0 Å². The number of hydrogen-bond donors (Lipinski definition) is 1. The molecule has 1 aromatic carbocycles. The van der Waals surface area contributed by atoms with Crippen LogP contribution in [0.15, 0.2) is 48.8 Å². The zero-order valence-electron chi connectivity index (χ0n) is 9.13. The fourth-order valence-electron chi connectivity index (χ4n) is 1.72. The first-order chi connectivity index (χ1) is 7.88. The zero-order valence-corrected chi connectivity index (χ0v) is 9.13. The van der Waals surface area contributed by atoms with Gasteiger partial charge in [-0.05, 0) is 35.6 Å². The molecule has 2 heteroatoms. The van der Waals surface area contributed by atoms with Crippen LogP contribution in [0.1, 0.15) is 16.7 Å². The van der Waals surface area contributed by atoms with Crippen molar-refractivity contribution < 1.29 is 5.11 Å². The van der Waals surface area contributed by atoms with Crippen molar-refractivity contribution in [1.29, 1.82) is 0 Å². The van der Waals surface area contributed by atoms with Crippen molar-refractivity contribution >= 4 is 0 Å². The van der Waals surface area contributed by atoms with Gasteiger partial charge < -0.3 is 5.11 Å². The summed E-state index contributed by atoms with van der Waals surface area (Å²) in [6, 6.07) is 12.1. The number of aliphatic hydroxyl groups excluding tert-OH is 1. The Morgan fingerprint density at radius 2 is 1.69 bits per heavy atom. The fraction of sp³-hybridized carbons (Fsp3) is 0.214. The molecular weight excluding hydrogens is 198 g/mol. The normalized spacial score (nSPS) is 10.3. The summed E-state index contributed by atoms with van der Waals surface area (Å²) in [7, 11) is 0. The van der Waals surface area contributed by atoms with Gasteiger partial charge in [0.05, 0.1) is 6.61 Å². The Morgan fingerprint density at radius 1 is 0.938 bits per heavy atom. The molecule has 2 aromatic rings. The molecule has 0 unspecified atom stereocenters. The van der Waals surface area contributed by atoms with Crippen LogP contribution in [0.25, 0.3) is 0 Å². The average Bonchev–Trinajstić information content (AvgIpc) is 2.38. The molecule has 2 nitrogen and oxygen atoms in total. The van der Waals surface area contributed by atoms with Crippen LogP contribution in [0.3, 0.4) is 0 Å². The second-order valence-corrected chi connectivity index (χ2v) is 3.84. The van der Waals surface area contributed by atoms with E-state index >= 15 is 0 Å². The molecule has 1 N–H and O–H groups in total. The first-order valence-corrected chi connectivity index (χ1v) is 5.46. The molecule has 0 amide bonds. The number of rotatable bonds is 4. The van der Waals surface area contributed by atoms with Crippen LogP contribution in [-0.2, 0) is 19.4 Å². The van der Waals surface area contributed by atoms with Crippen molar-refractivity contribution in [2.24, 2.45) is 0 Å². The average molecular weight is 213 g/mol. The van der Waals surface area contributed by atoms with Gasteiger partial charge in [-0.25, -0.2) is 0 Å². The number of hydrogen-bond acceptors (Lipinski definition) is 2. The molecule has 16 heavy (non-hydrogen) atoms. The second kappa shape index (κ2) is 5.42. The zero-order chi connectivity index (χ0) is 11.2. The number of aryl methyl sites for hydroxylation is 2. The van der Waals surface area contributed by atoms with E-state index in [0.29, 0.717) is 0 Å².